The van der Waals surface area contributed by atoms with E-state index in [1.807, 2.05) is 53.6 Å². The molecule has 3 aromatic rings. The molecule has 4 rings (SSSR count). The van der Waals surface area contributed by atoms with Gasteiger partial charge >= 0.3 is 0 Å². The highest BCUT2D eigenvalue weighted by molar-refractivity contribution is 7.98. The molecule has 7 heteroatoms. The van der Waals surface area contributed by atoms with E-state index in [0.717, 1.165) is 35.1 Å². The first-order valence-electron chi connectivity index (χ1n) is 9.46. The maximum absolute atomic E-state index is 12.8. The zero-order chi connectivity index (χ0) is 20.1. The average molecular weight is 425 g/mol. The molecule has 1 fully saturated rings. The van der Waals surface area contributed by atoms with Gasteiger partial charge in [-0.15, -0.1) is 11.8 Å². The van der Waals surface area contributed by atoms with Crippen molar-refractivity contribution in [2.24, 2.45) is 0 Å². The summed E-state index contributed by atoms with van der Waals surface area (Å²) in [7, 11) is 0. The molecule has 1 aromatic carbocycles. The van der Waals surface area contributed by atoms with Crippen molar-refractivity contribution in [2.75, 3.05) is 31.1 Å². The molecule has 29 heavy (non-hydrogen) atoms. The van der Waals surface area contributed by atoms with E-state index in [9.17, 15) is 4.79 Å². The Hall–Kier alpha value is -2.57. The second-order valence-electron chi connectivity index (χ2n) is 6.79. The topological polar surface area (TPSA) is 49.3 Å². The van der Waals surface area contributed by atoms with Gasteiger partial charge in [-0.1, -0.05) is 17.7 Å². The van der Waals surface area contributed by atoms with Crippen LogP contribution in [0.1, 0.15) is 15.9 Å². The second kappa shape index (κ2) is 9.29. The predicted octanol–water partition coefficient (Wildman–Crippen LogP) is 4.38. The summed E-state index contributed by atoms with van der Waals surface area (Å²) >= 11 is 7.65. The first-order valence-corrected chi connectivity index (χ1v) is 10.8. The minimum absolute atomic E-state index is 0.0810. The first kappa shape index (κ1) is 19.7. The number of hydrogen-bond acceptors (Lipinski definition) is 5. The molecule has 0 atom stereocenters. The fraction of sp³-hybridized carbons (Fsp3) is 0.227. The fourth-order valence-electron chi connectivity index (χ4n) is 3.22. The van der Waals surface area contributed by atoms with Crippen molar-refractivity contribution in [1.29, 1.82) is 0 Å². The predicted molar refractivity (Wildman–Crippen MR) is 118 cm³/mol. The molecule has 0 N–H and O–H groups in total. The normalized spacial score (nSPS) is 14.1. The highest BCUT2D eigenvalue weighted by Gasteiger charge is 2.22. The molecule has 1 aliphatic rings. The minimum Gasteiger partial charge on any atom is -0.353 e. The van der Waals surface area contributed by atoms with Crippen molar-refractivity contribution < 1.29 is 4.79 Å². The van der Waals surface area contributed by atoms with Gasteiger partial charge in [0.1, 0.15) is 5.82 Å². The van der Waals surface area contributed by atoms with Gasteiger partial charge in [0.15, 0.2) is 0 Å². The van der Waals surface area contributed by atoms with Gasteiger partial charge in [-0.2, -0.15) is 0 Å². The van der Waals surface area contributed by atoms with Crippen LogP contribution in [0.25, 0.3) is 0 Å². The molecule has 0 unspecified atom stereocenters. The molecule has 1 amide bonds. The molecule has 148 valence electrons. The number of carbonyl (C=O) groups is 1. The van der Waals surface area contributed by atoms with Crippen LogP contribution in [0.4, 0.5) is 5.82 Å². The lowest BCUT2D eigenvalue weighted by molar-refractivity contribution is 0.0746. The number of hydrogen-bond donors (Lipinski definition) is 0. The molecule has 0 radical (unpaired) electrons. The summed E-state index contributed by atoms with van der Waals surface area (Å²) in [5.74, 6) is 1.84. The molecule has 0 saturated carbocycles. The number of pyridine rings is 2. The third kappa shape index (κ3) is 5.08. The van der Waals surface area contributed by atoms with Crippen LogP contribution in [-0.4, -0.2) is 47.0 Å². The number of nitrogens with zero attached hydrogens (tertiary/aromatic N) is 4. The highest BCUT2D eigenvalue weighted by Crippen LogP contribution is 2.23. The Morgan fingerprint density at radius 1 is 1.00 bits per heavy atom. The number of rotatable bonds is 5. The van der Waals surface area contributed by atoms with Crippen LogP contribution in [0.5, 0.6) is 0 Å². The number of amides is 1. The summed E-state index contributed by atoms with van der Waals surface area (Å²) in [5, 5.41) is 0.629. The van der Waals surface area contributed by atoms with E-state index in [1.54, 1.807) is 24.2 Å². The van der Waals surface area contributed by atoms with Crippen molar-refractivity contribution >= 4 is 35.1 Å². The molecular weight excluding hydrogens is 404 g/mol. The van der Waals surface area contributed by atoms with Gasteiger partial charge < -0.3 is 9.80 Å². The van der Waals surface area contributed by atoms with Crippen LogP contribution in [-0.2, 0) is 5.75 Å². The van der Waals surface area contributed by atoms with E-state index < -0.39 is 0 Å². The van der Waals surface area contributed by atoms with E-state index in [4.69, 9.17) is 11.6 Å². The zero-order valence-corrected chi connectivity index (χ0v) is 17.4. The Bertz CT molecular complexity index is 943. The number of halogens is 1. The van der Waals surface area contributed by atoms with E-state index in [0.29, 0.717) is 18.1 Å². The van der Waals surface area contributed by atoms with Crippen LogP contribution >= 0.6 is 23.4 Å². The Balaban J connectivity index is 1.31. The lowest BCUT2D eigenvalue weighted by Crippen LogP contribution is -2.49. The maximum Gasteiger partial charge on any atom is 0.253 e. The largest absolute Gasteiger partial charge is 0.353 e. The lowest BCUT2D eigenvalue weighted by Gasteiger charge is -2.35. The molecular formula is C22H21ClN4OS. The Morgan fingerprint density at radius 2 is 1.79 bits per heavy atom. The maximum atomic E-state index is 12.8. The van der Waals surface area contributed by atoms with Crippen molar-refractivity contribution in [1.82, 2.24) is 14.9 Å². The summed E-state index contributed by atoms with van der Waals surface area (Å²) in [6.07, 6.45) is 5.31. The van der Waals surface area contributed by atoms with Gasteiger partial charge in [0.2, 0.25) is 0 Å². The van der Waals surface area contributed by atoms with Gasteiger partial charge in [0.25, 0.3) is 5.91 Å². The monoisotopic (exact) mass is 424 g/mol. The van der Waals surface area contributed by atoms with Crippen molar-refractivity contribution in [3.8, 4) is 0 Å². The van der Waals surface area contributed by atoms with Gasteiger partial charge in [0.05, 0.1) is 5.02 Å². The Morgan fingerprint density at radius 3 is 2.45 bits per heavy atom. The molecule has 0 spiro atoms. The SMILES string of the molecule is O=C(c1ccc(SCc2cccnc2)cc1)N1CCN(c2ccc(Cl)cn2)CC1. The standard InChI is InChI=1S/C22H21ClN4OS/c23-19-5-8-21(25-15-19)26-10-12-27(13-11-26)22(28)18-3-6-20(7-4-18)29-16-17-2-1-9-24-14-17/h1-9,14-15H,10-13,16H2. The zero-order valence-electron chi connectivity index (χ0n) is 15.9. The smallest absolute Gasteiger partial charge is 0.253 e. The molecule has 0 bridgehead atoms. The Labute approximate surface area is 179 Å². The number of benzene rings is 1. The molecule has 0 aliphatic carbocycles. The number of thioether (sulfide) groups is 1. The van der Waals surface area contributed by atoms with Crippen molar-refractivity contribution in [3.63, 3.8) is 0 Å². The van der Waals surface area contributed by atoms with Crippen LogP contribution < -0.4 is 4.90 Å². The quantitative estimate of drug-likeness (QED) is 0.569. The van der Waals surface area contributed by atoms with E-state index in [1.165, 1.54) is 5.56 Å². The summed E-state index contributed by atoms with van der Waals surface area (Å²) < 4.78 is 0. The number of carbonyl (C=O) groups excluding carboxylic acids is 1. The van der Waals surface area contributed by atoms with Crippen LogP contribution in [0, 0.1) is 0 Å². The van der Waals surface area contributed by atoms with Crippen LogP contribution in [0.15, 0.2) is 72.0 Å². The van der Waals surface area contributed by atoms with E-state index >= 15 is 0 Å². The fourth-order valence-corrected chi connectivity index (χ4v) is 4.16. The van der Waals surface area contributed by atoms with Crippen molar-refractivity contribution in [3.05, 3.63) is 83.3 Å². The lowest BCUT2D eigenvalue weighted by atomic mass is 10.2. The molecule has 1 saturated heterocycles. The van der Waals surface area contributed by atoms with Crippen LogP contribution in [0.2, 0.25) is 5.02 Å². The van der Waals surface area contributed by atoms with Gasteiger partial charge in [-0.25, -0.2) is 4.98 Å². The van der Waals surface area contributed by atoms with Crippen LogP contribution in [0.3, 0.4) is 0 Å². The third-order valence-electron chi connectivity index (χ3n) is 4.83. The number of aromatic nitrogens is 2. The third-order valence-corrected chi connectivity index (χ3v) is 6.14. The molecule has 5 nitrogen and oxygen atoms in total. The highest BCUT2D eigenvalue weighted by atomic mass is 35.5. The summed E-state index contributed by atoms with van der Waals surface area (Å²) in [4.78, 5) is 26.6. The average Bonchev–Trinajstić information content (AvgIpc) is 2.79. The minimum atomic E-state index is 0.0810. The summed E-state index contributed by atoms with van der Waals surface area (Å²) in [6.45, 7) is 2.89. The number of piperazine rings is 1. The van der Waals surface area contributed by atoms with Gasteiger partial charge in [0, 0.05) is 61.0 Å². The molecule has 3 heterocycles. The van der Waals surface area contributed by atoms with E-state index in [-0.39, 0.29) is 5.91 Å². The second-order valence-corrected chi connectivity index (χ2v) is 8.27. The summed E-state index contributed by atoms with van der Waals surface area (Å²) in [6, 6.07) is 15.6. The Kier molecular flexibility index (Phi) is 6.32. The summed E-state index contributed by atoms with van der Waals surface area (Å²) in [5.41, 5.74) is 1.92. The van der Waals surface area contributed by atoms with Crippen molar-refractivity contribution in [2.45, 2.75) is 10.6 Å². The van der Waals surface area contributed by atoms with Gasteiger partial charge in [-0.3, -0.25) is 9.78 Å². The molecule has 1 aliphatic heterocycles. The van der Waals surface area contributed by atoms with Gasteiger partial charge in [-0.05, 0) is 48.0 Å². The first-order chi connectivity index (χ1) is 14.2. The van der Waals surface area contributed by atoms with E-state index in [2.05, 4.69) is 20.9 Å². The number of anilines is 1. The molecule has 2 aromatic heterocycles.